The molecule has 3 aliphatic heterocycles. The Morgan fingerprint density at radius 2 is 1.73 bits per heavy atom. The average Bonchev–Trinajstić information content (AvgIpc) is 3.71. The van der Waals surface area contributed by atoms with Crippen LogP contribution in [0.4, 0.5) is 5.69 Å². The Labute approximate surface area is 285 Å². The molecule has 5 rings (SSSR count). The minimum absolute atomic E-state index is 0.231. The first-order chi connectivity index (χ1) is 23.3. The number of rotatable bonds is 17. The lowest BCUT2D eigenvalue weighted by atomic mass is 9.64. The van der Waals surface area contributed by atoms with Gasteiger partial charge in [0.25, 0.3) is 0 Å². The predicted molar refractivity (Wildman–Crippen MR) is 186 cm³/mol. The molecule has 3 aliphatic rings. The van der Waals surface area contributed by atoms with Crippen LogP contribution in [0.25, 0.3) is 0 Å². The lowest BCUT2D eigenvalue weighted by molar-refractivity contribution is -0.156. The standard InChI is InChI=1S/C39H51N3O6/c1-6-11-15-26-40(24-7-2)37(46)34-39-23-22-38(9-4,48-39)32(33(39)36(45)42(34)31(27-43)28-16-13-12-14-17-28)35(44)41(25-8-3)29-18-20-30(21-19-29)47-10-5/h7-8,12-14,16-21,31-34,43H,2-3,6,9-11,15,22-27H2,1,4-5H3/t31-,32+,33+,34?,38-,39?/m1/s1. The Kier molecular flexibility index (Phi) is 11.1. The number of hydrogen-bond acceptors (Lipinski definition) is 6. The lowest BCUT2D eigenvalue weighted by Gasteiger charge is -2.39. The molecule has 258 valence electrons. The second kappa shape index (κ2) is 15.1. The summed E-state index contributed by atoms with van der Waals surface area (Å²) in [7, 11) is 0. The molecule has 2 aromatic rings. The summed E-state index contributed by atoms with van der Waals surface area (Å²) in [5.41, 5.74) is -0.768. The van der Waals surface area contributed by atoms with Gasteiger partial charge in [-0.3, -0.25) is 14.4 Å². The molecule has 3 heterocycles. The number of fused-ring (bicyclic) bond motifs is 1. The molecular weight excluding hydrogens is 606 g/mol. The van der Waals surface area contributed by atoms with Gasteiger partial charge in [-0.2, -0.15) is 0 Å². The van der Waals surface area contributed by atoms with Crippen molar-refractivity contribution in [2.24, 2.45) is 11.8 Å². The van der Waals surface area contributed by atoms with Crippen molar-refractivity contribution in [1.82, 2.24) is 9.80 Å². The van der Waals surface area contributed by atoms with Gasteiger partial charge in [0.15, 0.2) is 0 Å². The quantitative estimate of drug-likeness (QED) is 0.173. The molecule has 3 fully saturated rings. The summed E-state index contributed by atoms with van der Waals surface area (Å²) < 4.78 is 12.7. The van der Waals surface area contributed by atoms with Gasteiger partial charge in [0.2, 0.25) is 17.7 Å². The van der Waals surface area contributed by atoms with Crippen molar-refractivity contribution in [2.45, 2.75) is 82.6 Å². The lowest BCUT2D eigenvalue weighted by Crippen LogP contribution is -2.57. The predicted octanol–water partition coefficient (Wildman–Crippen LogP) is 5.70. The van der Waals surface area contributed by atoms with Gasteiger partial charge in [0.1, 0.15) is 17.4 Å². The molecule has 0 aliphatic carbocycles. The number of carbonyl (C=O) groups excluding carboxylic acids is 3. The summed E-state index contributed by atoms with van der Waals surface area (Å²) in [6.45, 7) is 15.1. The van der Waals surface area contributed by atoms with Gasteiger partial charge in [-0.05, 0) is 62.4 Å². The fourth-order valence-corrected chi connectivity index (χ4v) is 8.36. The molecule has 48 heavy (non-hydrogen) atoms. The number of unbranched alkanes of at least 4 members (excludes halogenated alkanes) is 2. The molecule has 1 spiro atoms. The molecule has 3 amide bonds. The van der Waals surface area contributed by atoms with Gasteiger partial charge < -0.3 is 29.3 Å². The SMILES string of the molecule is C=CCN(CCCCC)C(=O)C1N([C@H](CO)c2ccccc2)C(=O)[C@@H]2[C@@H](C(=O)N(CC=C)c3ccc(OCC)cc3)[C@@]3(CC)CCC12O3. The van der Waals surface area contributed by atoms with Gasteiger partial charge in [-0.25, -0.2) is 0 Å². The topological polar surface area (TPSA) is 99.6 Å². The van der Waals surface area contributed by atoms with Crippen LogP contribution < -0.4 is 9.64 Å². The van der Waals surface area contributed by atoms with Gasteiger partial charge in [0, 0.05) is 25.3 Å². The third-order valence-electron chi connectivity index (χ3n) is 10.5. The molecule has 0 radical (unpaired) electrons. The van der Waals surface area contributed by atoms with E-state index in [1.54, 1.807) is 26.9 Å². The molecule has 0 aromatic heterocycles. The first-order valence-corrected chi connectivity index (χ1v) is 17.5. The van der Waals surface area contributed by atoms with Crippen LogP contribution in [0.5, 0.6) is 5.75 Å². The zero-order chi connectivity index (χ0) is 34.5. The van der Waals surface area contributed by atoms with Crippen LogP contribution in [0, 0.1) is 11.8 Å². The highest BCUT2D eigenvalue weighted by Crippen LogP contribution is 2.65. The minimum atomic E-state index is -1.23. The van der Waals surface area contributed by atoms with E-state index in [1.807, 2.05) is 68.4 Å². The van der Waals surface area contributed by atoms with E-state index in [4.69, 9.17) is 9.47 Å². The highest BCUT2D eigenvalue weighted by atomic mass is 16.5. The van der Waals surface area contributed by atoms with Gasteiger partial charge in [-0.15, -0.1) is 13.2 Å². The zero-order valence-electron chi connectivity index (χ0n) is 28.7. The number of ether oxygens (including phenoxy) is 2. The van der Waals surface area contributed by atoms with E-state index in [0.29, 0.717) is 56.0 Å². The number of aliphatic hydroxyl groups is 1. The molecule has 3 saturated heterocycles. The number of anilines is 1. The Balaban J connectivity index is 1.62. The number of amides is 3. The van der Waals surface area contributed by atoms with Gasteiger partial charge >= 0.3 is 0 Å². The number of benzene rings is 2. The van der Waals surface area contributed by atoms with Gasteiger partial charge in [0.05, 0.1) is 36.7 Å². The summed E-state index contributed by atoms with van der Waals surface area (Å²) in [5.74, 6) is -1.84. The van der Waals surface area contributed by atoms with E-state index >= 15 is 4.79 Å². The van der Waals surface area contributed by atoms with Crippen LogP contribution in [0.2, 0.25) is 0 Å². The molecule has 2 aromatic carbocycles. The van der Waals surface area contributed by atoms with Crippen molar-refractivity contribution < 1.29 is 29.0 Å². The van der Waals surface area contributed by atoms with Crippen LogP contribution in [-0.2, 0) is 19.1 Å². The van der Waals surface area contributed by atoms with Crippen LogP contribution in [-0.4, -0.2) is 82.7 Å². The Hall–Kier alpha value is -3.95. The fourth-order valence-electron chi connectivity index (χ4n) is 8.36. The summed E-state index contributed by atoms with van der Waals surface area (Å²) in [6.07, 6.45) is 7.66. The Bertz CT molecular complexity index is 1460. The molecule has 2 bridgehead atoms. The molecule has 9 nitrogen and oxygen atoms in total. The van der Waals surface area contributed by atoms with E-state index in [2.05, 4.69) is 20.1 Å². The fraction of sp³-hybridized carbons (Fsp3) is 0.513. The second-order valence-electron chi connectivity index (χ2n) is 13.1. The van der Waals surface area contributed by atoms with Crippen LogP contribution in [0.1, 0.15) is 70.9 Å². The molecule has 9 heteroatoms. The minimum Gasteiger partial charge on any atom is -0.494 e. The van der Waals surface area contributed by atoms with E-state index in [9.17, 15) is 14.7 Å². The third kappa shape index (κ3) is 6.07. The third-order valence-corrected chi connectivity index (χ3v) is 10.5. The monoisotopic (exact) mass is 657 g/mol. The highest BCUT2D eigenvalue weighted by molar-refractivity contribution is 6.03. The Morgan fingerprint density at radius 3 is 2.33 bits per heavy atom. The summed E-state index contributed by atoms with van der Waals surface area (Å²) in [6, 6.07) is 14.8. The summed E-state index contributed by atoms with van der Waals surface area (Å²) in [4.78, 5) is 49.8. The van der Waals surface area contributed by atoms with Crippen molar-refractivity contribution >= 4 is 23.4 Å². The maximum absolute atomic E-state index is 15.0. The number of nitrogens with zero attached hydrogens (tertiary/aromatic N) is 3. The smallest absolute Gasteiger partial charge is 0.248 e. The highest BCUT2D eigenvalue weighted by Gasteiger charge is 2.79. The average molecular weight is 658 g/mol. The second-order valence-corrected chi connectivity index (χ2v) is 13.1. The molecule has 6 atom stereocenters. The first kappa shape index (κ1) is 35.4. The maximum Gasteiger partial charge on any atom is 0.248 e. The molecular formula is C39H51N3O6. The maximum atomic E-state index is 15.0. The van der Waals surface area contributed by atoms with Crippen molar-refractivity contribution in [3.63, 3.8) is 0 Å². The number of hydrogen-bond donors (Lipinski definition) is 1. The number of aliphatic hydroxyl groups excluding tert-OH is 1. The van der Waals surface area contributed by atoms with Crippen molar-refractivity contribution in [1.29, 1.82) is 0 Å². The normalized spacial score (nSPS) is 26.2. The Morgan fingerprint density at radius 1 is 1.02 bits per heavy atom. The van der Waals surface area contributed by atoms with Crippen LogP contribution >= 0.6 is 0 Å². The van der Waals surface area contributed by atoms with Crippen LogP contribution in [0.15, 0.2) is 79.9 Å². The van der Waals surface area contributed by atoms with Crippen molar-refractivity contribution in [3.8, 4) is 5.75 Å². The molecule has 2 unspecified atom stereocenters. The number of carbonyl (C=O) groups is 3. The van der Waals surface area contributed by atoms with Gasteiger partial charge in [-0.1, -0.05) is 69.2 Å². The number of likely N-dealkylation sites (tertiary alicyclic amines) is 1. The van der Waals surface area contributed by atoms with E-state index < -0.39 is 35.1 Å². The molecule has 1 N–H and O–H groups in total. The van der Waals surface area contributed by atoms with E-state index in [-0.39, 0.29) is 30.9 Å². The van der Waals surface area contributed by atoms with Crippen LogP contribution in [0.3, 0.4) is 0 Å². The summed E-state index contributed by atoms with van der Waals surface area (Å²) >= 11 is 0. The zero-order valence-corrected chi connectivity index (χ0v) is 28.7. The van der Waals surface area contributed by atoms with E-state index in [1.165, 1.54) is 0 Å². The largest absolute Gasteiger partial charge is 0.494 e. The molecule has 0 saturated carbocycles. The van der Waals surface area contributed by atoms with E-state index in [0.717, 1.165) is 19.3 Å². The first-order valence-electron chi connectivity index (χ1n) is 17.5. The van der Waals surface area contributed by atoms with Crippen molar-refractivity contribution in [2.75, 3.05) is 37.7 Å². The van der Waals surface area contributed by atoms with Crippen molar-refractivity contribution in [3.05, 3.63) is 85.5 Å². The summed E-state index contributed by atoms with van der Waals surface area (Å²) in [5, 5.41) is 10.9.